The van der Waals surface area contributed by atoms with E-state index in [-0.39, 0.29) is 16.4 Å². The first-order valence-electron chi connectivity index (χ1n) is 27.0. The van der Waals surface area contributed by atoms with Gasteiger partial charge in [-0.3, -0.25) is 4.57 Å². The van der Waals surface area contributed by atoms with Crippen molar-refractivity contribution in [3.63, 3.8) is 0 Å². The highest BCUT2D eigenvalue weighted by atomic mass is 16.5. The van der Waals surface area contributed by atoms with Gasteiger partial charge in [0.15, 0.2) is 0 Å². The minimum atomic E-state index is -2.40. The third kappa shape index (κ3) is 8.58. The van der Waals surface area contributed by atoms with E-state index in [1.165, 1.54) is 5.56 Å². The molecule has 0 atom stereocenters. The monoisotopic (exact) mass is 963 g/mol. The van der Waals surface area contributed by atoms with Crippen LogP contribution in [-0.2, 0) is 10.8 Å². The van der Waals surface area contributed by atoms with E-state index in [1.54, 1.807) is 12.3 Å². The molecule has 0 amide bonds. The minimum absolute atomic E-state index is 0.0333. The van der Waals surface area contributed by atoms with E-state index in [1.807, 2.05) is 36.4 Å². The molecule has 3 heterocycles. The van der Waals surface area contributed by atoms with Crippen molar-refractivity contribution in [3.8, 4) is 61.8 Å². The normalized spacial score (nSPS) is 13.5. The first kappa shape index (κ1) is 43.0. The number of para-hydroxylation sites is 3. The Bertz CT molecular complexity index is 3930. The Morgan fingerprint density at radius 2 is 1.04 bits per heavy atom. The molecule has 11 aromatic rings. The summed E-state index contributed by atoms with van der Waals surface area (Å²) in [6, 6.07) is 76.2. The lowest BCUT2D eigenvalue weighted by Crippen LogP contribution is -2.25. The number of benzene rings is 9. The molecule has 5 heteroatoms. The van der Waals surface area contributed by atoms with Crippen LogP contribution in [0.2, 0.25) is 0 Å². The first-order chi connectivity index (χ1) is 37.1. The Labute approximate surface area is 439 Å². The summed E-state index contributed by atoms with van der Waals surface area (Å²) < 4.78 is 35.4. The van der Waals surface area contributed by atoms with Crippen LogP contribution in [0.15, 0.2) is 225 Å². The number of anilines is 4. The van der Waals surface area contributed by atoms with Gasteiger partial charge >= 0.3 is 0 Å². The first-order valence-corrected chi connectivity index (χ1v) is 25.5. The Morgan fingerprint density at radius 1 is 0.446 bits per heavy atom. The Hall–Kier alpha value is -8.67. The van der Waals surface area contributed by atoms with E-state index in [2.05, 4.69) is 232 Å². The van der Waals surface area contributed by atoms with Gasteiger partial charge in [0, 0.05) is 55.6 Å². The molecule has 0 saturated heterocycles. The fourth-order valence-corrected chi connectivity index (χ4v) is 10.6. The summed E-state index contributed by atoms with van der Waals surface area (Å²) in [5.74, 6) is 1.85. The molecule has 0 saturated carbocycles. The fourth-order valence-electron chi connectivity index (χ4n) is 10.6. The van der Waals surface area contributed by atoms with Crippen LogP contribution in [0.1, 0.15) is 62.3 Å². The maximum Gasteiger partial charge on any atom is 0.137 e. The summed E-state index contributed by atoms with van der Waals surface area (Å²) in [7, 11) is 0. The van der Waals surface area contributed by atoms with Crippen LogP contribution in [-0.4, -0.2) is 16.2 Å². The van der Waals surface area contributed by atoms with E-state index >= 15 is 0 Å². The van der Waals surface area contributed by atoms with Crippen molar-refractivity contribution in [1.29, 1.82) is 0 Å². The average Bonchev–Trinajstić information content (AvgIpc) is 4.08. The lowest BCUT2D eigenvalue weighted by atomic mass is 9.86. The van der Waals surface area contributed by atoms with Gasteiger partial charge in [0.1, 0.15) is 24.0 Å². The van der Waals surface area contributed by atoms with Crippen molar-refractivity contribution < 1.29 is 8.85 Å². The van der Waals surface area contributed by atoms with Gasteiger partial charge in [-0.05, 0) is 117 Å². The maximum atomic E-state index is 8.74. The predicted molar refractivity (Wildman–Crippen MR) is 311 cm³/mol. The molecule has 1 aliphatic heterocycles. The molecule has 1 aliphatic rings. The lowest BCUT2D eigenvalue weighted by Gasteiger charge is -2.28. The number of ether oxygens (including phenoxy) is 1. The highest BCUT2D eigenvalue weighted by molar-refractivity contribution is 6.11. The van der Waals surface area contributed by atoms with Crippen LogP contribution in [0.25, 0.3) is 72.1 Å². The Balaban J connectivity index is 0.985. The van der Waals surface area contributed by atoms with Crippen LogP contribution in [0.4, 0.5) is 22.7 Å². The number of fused-ring (bicyclic) bond motifs is 4. The summed E-state index contributed by atoms with van der Waals surface area (Å²) in [5, 5.41) is 2.01. The number of hydrogen-bond acceptors (Lipinski definition) is 4. The molecule has 0 radical (unpaired) electrons. The van der Waals surface area contributed by atoms with Crippen molar-refractivity contribution in [1.82, 2.24) is 9.55 Å². The minimum Gasteiger partial charge on any atom is -0.457 e. The number of aromatic nitrogens is 2. The van der Waals surface area contributed by atoms with Gasteiger partial charge in [-0.25, -0.2) is 4.98 Å². The molecule has 0 bridgehead atoms. The van der Waals surface area contributed by atoms with Gasteiger partial charge in [0.25, 0.3) is 0 Å². The summed E-state index contributed by atoms with van der Waals surface area (Å²) >= 11 is 0. The zero-order valence-corrected chi connectivity index (χ0v) is 42.8. The van der Waals surface area contributed by atoms with Gasteiger partial charge < -0.3 is 14.5 Å². The Kier molecular flexibility index (Phi) is 10.7. The highest BCUT2D eigenvalue weighted by Gasteiger charge is 2.32. The van der Waals surface area contributed by atoms with Gasteiger partial charge in [-0.1, -0.05) is 193 Å². The molecule has 74 heavy (non-hydrogen) atoms. The van der Waals surface area contributed by atoms with Crippen molar-refractivity contribution in [2.45, 2.75) is 59.2 Å². The van der Waals surface area contributed by atoms with Gasteiger partial charge in [-0.2, -0.15) is 0 Å². The second-order valence-corrected chi connectivity index (χ2v) is 21.5. The van der Waals surface area contributed by atoms with Crippen LogP contribution in [0.5, 0.6) is 11.5 Å². The number of hydrogen-bond donors (Lipinski definition) is 0. The van der Waals surface area contributed by atoms with Crippen molar-refractivity contribution in [2.24, 2.45) is 0 Å². The molecular formula is C69H60N4O. The van der Waals surface area contributed by atoms with Crippen molar-refractivity contribution in [2.75, 3.05) is 16.5 Å². The molecule has 0 spiro atoms. The second-order valence-electron chi connectivity index (χ2n) is 21.5. The molecule has 362 valence electrons. The highest BCUT2D eigenvalue weighted by Crippen LogP contribution is 2.51. The SMILES string of the molecule is [2H]C([2H])([2H])c1cc(-n2c3ccc(-c4ccc(C(C)(C)C)cc4)cc3c3ccc(Oc4cc(N5CN(c6c(-c7ccccc7)cccc6-c6ccccc6)c6ccccc65)cc(C(C)(C)C)c4)cc32)ncc1-c1ccccc1. The van der Waals surface area contributed by atoms with E-state index in [0.29, 0.717) is 29.5 Å². The van der Waals surface area contributed by atoms with Gasteiger partial charge in [-0.15, -0.1) is 0 Å². The molecule has 2 aromatic heterocycles. The lowest BCUT2D eigenvalue weighted by molar-refractivity contribution is 0.479. The predicted octanol–water partition coefficient (Wildman–Crippen LogP) is 18.8. The maximum absolute atomic E-state index is 8.74. The van der Waals surface area contributed by atoms with E-state index in [9.17, 15) is 0 Å². The zero-order valence-electron chi connectivity index (χ0n) is 45.8. The third-order valence-corrected chi connectivity index (χ3v) is 14.6. The van der Waals surface area contributed by atoms with Crippen molar-refractivity contribution in [3.05, 3.63) is 241 Å². The molecular weight excluding hydrogens is 901 g/mol. The van der Waals surface area contributed by atoms with Crippen LogP contribution >= 0.6 is 0 Å². The molecule has 0 aliphatic carbocycles. The van der Waals surface area contributed by atoms with Crippen LogP contribution < -0.4 is 14.5 Å². The largest absolute Gasteiger partial charge is 0.457 e. The van der Waals surface area contributed by atoms with Crippen LogP contribution in [0, 0.1) is 6.85 Å². The smallest absolute Gasteiger partial charge is 0.137 e. The zero-order chi connectivity index (χ0) is 53.2. The van der Waals surface area contributed by atoms with Gasteiger partial charge in [0.05, 0.1) is 28.1 Å². The number of rotatable bonds is 9. The van der Waals surface area contributed by atoms with Crippen molar-refractivity contribution >= 4 is 44.6 Å². The van der Waals surface area contributed by atoms with E-state index in [4.69, 9.17) is 13.8 Å². The second kappa shape index (κ2) is 18.4. The van der Waals surface area contributed by atoms with Gasteiger partial charge in [0.2, 0.25) is 0 Å². The molecule has 12 rings (SSSR count). The average molecular weight is 964 g/mol. The number of aryl methyl sites for hydroxylation is 1. The molecule has 9 aromatic carbocycles. The Morgan fingerprint density at radius 3 is 1.66 bits per heavy atom. The summed E-state index contributed by atoms with van der Waals surface area (Å²) in [4.78, 5) is 9.91. The van der Waals surface area contributed by atoms with E-state index in [0.717, 1.165) is 89.1 Å². The molecule has 0 fully saturated rings. The molecule has 0 unspecified atom stereocenters. The quantitative estimate of drug-likeness (QED) is 0.144. The third-order valence-electron chi connectivity index (χ3n) is 14.6. The summed E-state index contributed by atoms with van der Waals surface area (Å²) in [6.07, 6.45) is 1.70. The molecule has 0 N–H and O–H groups in total. The number of nitrogens with zero attached hydrogens (tertiary/aromatic N) is 4. The summed E-state index contributed by atoms with van der Waals surface area (Å²) in [5.41, 5.74) is 16.8. The fraction of sp³-hybridized carbons (Fsp3) is 0.145. The van der Waals surface area contributed by atoms with Crippen LogP contribution in [0.3, 0.4) is 0 Å². The number of pyridine rings is 1. The van der Waals surface area contributed by atoms with E-state index < -0.39 is 6.85 Å². The standard InChI is InChI=1S/C69H60N4O/c1-46-38-66(70-44-61(46)50-24-15-10-16-25-50)73-62-37-32-51(47-30-33-52(34-31-47)68(2,3)4)39-60(62)59-36-35-55(43-65(59)73)74-56-41-53(69(5,6)7)40-54(42-56)71-45-72(64-29-18-17-28-63(64)71)67-57(48-20-11-8-12-21-48)26-19-27-58(67)49-22-13-9-14-23-49/h8-44H,45H2,1-7H3/i1D3. The summed E-state index contributed by atoms with van der Waals surface area (Å²) in [6.45, 7) is 11.6. The molecule has 5 nitrogen and oxygen atoms in total. The topological polar surface area (TPSA) is 33.5 Å².